The van der Waals surface area contributed by atoms with Crippen LogP contribution >= 0.6 is 0 Å². The number of hydrogen-bond donors (Lipinski definition) is 0. The molecule has 1 aliphatic rings. The second-order valence-electron chi connectivity index (χ2n) is 8.38. The molecule has 1 heterocycles. The molecule has 0 radical (unpaired) electrons. The molecule has 0 amide bonds. The summed E-state index contributed by atoms with van der Waals surface area (Å²) >= 11 is 0. The fourth-order valence-electron chi connectivity index (χ4n) is 4.06. The van der Waals surface area contributed by atoms with Crippen molar-refractivity contribution in [2.45, 2.75) is 64.9 Å². The molecule has 34 heavy (non-hydrogen) atoms. The summed E-state index contributed by atoms with van der Waals surface area (Å²) in [6, 6.07) is 6.34. The number of methoxy groups -OCH3 is 1. The van der Waals surface area contributed by atoms with Crippen LogP contribution < -0.4 is 4.18 Å². The summed E-state index contributed by atoms with van der Waals surface area (Å²) in [5.41, 5.74) is 5.14. The highest BCUT2D eigenvalue weighted by Gasteiger charge is 2.34. The molecule has 0 fully saturated rings. The van der Waals surface area contributed by atoms with E-state index in [2.05, 4.69) is 0 Å². The average molecular weight is 487 g/mol. The monoisotopic (exact) mass is 486 g/mol. The zero-order valence-electron chi connectivity index (χ0n) is 20.2. The normalized spacial score (nSPS) is 13.4. The van der Waals surface area contributed by atoms with Crippen LogP contribution in [0.25, 0.3) is 0 Å². The van der Waals surface area contributed by atoms with Gasteiger partial charge in [0.15, 0.2) is 5.75 Å². The van der Waals surface area contributed by atoms with E-state index in [4.69, 9.17) is 13.7 Å². The van der Waals surface area contributed by atoms with Crippen LogP contribution in [0.1, 0.15) is 64.9 Å². The van der Waals surface area contributed by atoms with E-state index < -0.39 is 16.1 Å². The SMILES string of the molecule is CCc1c(C)c2c(c(OS(=O)(=O)c3ccc(C)cc3)c1CC=C(C)CCC(=O)OC)C(=O)OC2. The van der Waals surface area contributed by atoms with Gasteiger partial charge in [0.25, 0.3) is 0 Å². The summed E-state index contributed by atoms with van der Waals surface area (Å²) in [4.78, 5) is 24.1. The van der Waals surface area contributed by atoms with Gasteiger partial charge in [0.05, 0.1) is 7.11 Å². The maximum absolute atomic E-state index is 13.2. The number of ether oxygens (including phenoxy) is 2. The van der Waals surface area contributed by atoms with E-state index in [1.807, 2.05) is 33.8 Å². The Kier molecular flexibility index (Phi) is 7.82. The molecule has 182 valence electrons. The highest BCUT2D eigenvalue weighted by molar-refractivity contribution is 7.87. The predicted octanol–water partition coefficient (Wildman–Crippen LogP) is 4.75. The quantitative estimate of drug-likeness (QED) is 0.287. The number of benzene rings is 2. The van der Waals surface area contributed by atoms with Gasteiger partial charge < -0.3 is 13.7 Å². The van der Waals surface area contributed by atoms with Gasteiger partial charge in [-0.25, -0.2) is 4.79 Å². The van der Waals surface area contributed by atoms with Crippen molar-refractivity contribution in [3.05, 3.63) is 69.3 Å². The summed E-state index contributed by atoms with van der Waals surface area (Å²) in [6.45, 7) is 7.73. The lowest BCUT2D eigenvalue weighted by Gasteiger charge is -2.19. The van der Waals surface area contributed by atoms with Crippen LogP contribution in [0, 0.1) is 13.8 Å². The molecular weight excluding hydrogens is 456 g/mol. The Morgan fingerprint density at radius 3 is 2.41 bits per heavy atom. The predicted molar refractivity (Wildman–Crippen MR) is 127 cm³/mol. The first-order valence-electron chi connectivity index (χ1n) is 11.2. The third-order valence-corrected chi connectivity index (χ3v) is 7.32. The Balaban J connectivity index is 2.10. The van der Waals surface area contributed by atoms with Crippen molar-refractivity contribution < 1.29 is 31.7 Å². The number of aryl methyl sites for hydroxylation is 1. The fourth-order valence-corrected chi connectivity index (χ4v) is 5.02. The van der Waals surface area contributed by atoms with Gasteiger partial charge in [0, 0.05) is 17.5 Å². The van der Waals surface area contributed by atoms with Crippen LogP contribution in [0.5, 0.6) is 5.75 Å². The van der Waals surface area contributed by atoms with Crippen molar-refractivity contribution >= 4 is 22.1 Å². The van der Waals surface area contributed by atoms with Gasteiger partial charge in [0.1, 0.15) is 17.1 Å². The van der Waals surface area contributed by atoms with Crippen LogP contribution in [0.15, 0.2) is 40.8 Å². The first-order chi connectivity index (χ1) is 16.1. The molecule has 0 spiro atoms. The number of rotatable bonds is 9. The number of cyclic esters (lactones) is 1. The van der Waals surface area contributed by atoms with Crippen LogP contribution in [0.3, 0.4) is 0 Å². The Morgan fingerprint density at radius 2 is 1.79 bits per heavy atom. The van der Waals surface area contributed by atoms with Crippen molar-refractivity contribution in [2.24, 2.45) is 0 Å². The minimum atomic E-state index is -4.19. The largest absolute Gasteiger partial charge is 0.469 e. The molecule has 0 aliphatic carbocycles. The molecular formula is C26H30O7S. The van der Waals surface area contributed by atoms with Crippen molar-refractivity contribution in [2.75, 3.05) is 7.11 Å². The summed E-state index contributed by atoms with van der Waals surface area (Å²) in [6.07, 6.45) is 3.65. The minimum absolute atomic E-state index is 0.00703. The van der Waals surface area contributed by atoms with Gasteiger partial charge in [0.2, 0.25) is 0 Å². The van der Waals surface area contributed by atoms with E-state index in [0.29, 0.717) is 30.4 Å². The molecule has 0 N–H and O–H groups in total. The van der Waals surface area contributed by atoms with Gasteiger partial charge in [-0.15, -0.1) is 0 Å². The molecule has 0 atom stereocenters. The Bertz CT molecular complexity index is 1240. The maximum Gasteiger partial charge on any atom is 0.342 e. The smallest absolute Gasteiger partial charge is 0.342 e. The molecule has 0 aromatic heterocycles. The van der Waals surface area contributed by atoms with Crippen LogP contribution in [-0.4, -0.2) is 27.5 Å². The highest BCUT2D eigenvalue weighted by Crippen LogP contribution is 2.40. The van der Waals surface area contributed by atoms with Gasteiger partial charge in [-0.3, -0.25) is 4.79 Å². The molecule has 3 rings (SSSR count). The lowest BCUT2D eigenvalue weighted by molar-refractivity contribution is -0.140. The number of hydrogen-bond acceptors (Lipinski definition) is 7. The van der Waals surface area contributed by atoms with E-state index in [9.17, 15) is 18.0 Å². The second kappa shape index (κ2) is 10.4. The highest BCUT2D eigenvalue weighted by atomic mass is 32.2. The van der Waals surface area contributed by atoms with Gasteiger partial charge in [-0.05, 0) is 63.3 Å². The standard InChI is InChI=1S/C26H30O7S/c1-6-20-18(4)22-15-32-26(28)24(22)25(21(20)13-9-17(3)10-14-23(27)31-5)33-34(29,30)19-11-7-16(2)8-12-19/h7-9,11-12H,6,10,13-15H2,1-5H3. The van der Waals surface area contributed by atoms with Crippen molar-refractivity contribution in [3.8, 4) is 5.75 Å². The third kappa shape index (κ3) is 5.33. The second-order valence-corrected chi connectivity index (χ2v) is 9.92. The van der Waals surface area contributed by atoms with E-state index >= 15 is 0 Å². The van der Waals surface area contributed by atoms with Gasteiger partial charge in [-0.2, -0.15) is 8.42 Å². The summed E-state index contributed by atoms with van der Waals surface area (Å²) < 4.78 is 42.0. The number of fused-ring (bicyclic) bond motifs is 1. The Morgan fingerprint density at radius 1 is 1.12 bits per heavy atom. The zero-order valence-corrected chi connectivity index (χ0v) is 21.0. The topological polar surface area (TPSA) is 96.0 Å². The lowest BCUT2D eigenvalue weighted by atomic mass is 9.89. The van der Waals surface area contributed by atoms with Crippen LogP contribution in [0.2, 0.25) is 0 Å². The number of allylic oxidation sites excluding steroid dienone is 2. The zero-order chi connectivity index (χ0) is 25.0. The Labute approximate surface area is 200 Å². The lowest BCUT2D eigenvalue weighted by Crippen LogP contribution is -2.16. The first-order valence-corrected chi connectivity index (χ1v) is 12.6. The molecule has 0 saturated carbocycles. The van der Waals surface area contributed by atoms with E-state index in [1.54, 1.807) is 12.1 Å². The van der Waals surface area contributed by atoms with Crippen molar-refractivity contribution in [1.82, 2.24) is 0 Å². The van der Waals surface area contributed by atoms with Crippen LogP contribution in [0.4, 0.5) is 0 Å². The summed E-state index contributed by atoms with van der Waals surface area (Å²) in [5, 5.41) is 0. The average Bonchev–Trinajstić information content (AvgIpc) is 3.20. The van der Waals surface area contributed by atoms with Crippen molar-refractivity contribution in [3.63, 3.8) is 0 Å². The summed E-state index contributed by atoms with van der Waals surface area (Å²) in [7, 11) is -2.84. The number of esters is 2. The Hall–Kier alpha value is -3.13. The maximum atomic E-state index is 13.2. The van der Waals surface area contributed by atoms with E-state index in [0.717, 1.165) is 22.3 Å². The molecule has 0 bridgehead atoms. The molecule has 0 unspecified atom stereocenters. The van der Waals surface area contributed by atoms with Gasteiger partial charge >= 0.3 is 22.1 Å². The molecule has 7 nitrogen and oxygen atoms in total. The minimum Gasteiger partial charge on any atom is -0.469 e. The number of carbonyl (C=O) groups is 2. The van der Waals surface area contributed by atoms with Crippen LogP contribution in [-0.2, 0) is 43.8 Å². The third-order valence-electron chi connectivity index (χ3n) is 6.09. The van der Waals surface area contributed by atoms with E-state index in [-0.39, 0.29) is 35.2 Å². The molecule has 2 aromatic rings. The molecule has 1 aliphatic heterocycles. The van der Waals surface area contributed by atoms with Gasteiger partial charge in [-0.1, -0.05) is 36.3 Å². The molecule has 2 aromatic carbocycles. The first kappa shape index (κ1) is 25.5. The van der Waals surface area contributed by atoms with Crippen molar-refractivity contribution in [1.29, 1.82) is 0 Å². The van der Waals surface area contributed by atoms with E-state index in [1.165, 1.54) is 19.2 Å². The molecule has 0 saturated heterocycles. The fraction of sp³-hybridized carbons (Fsp3) is 0.385. The summed E-state index contributed by atoms with van der Waals surface area (Å²) in [5.74, 6) is -0.869. The number of carbonyl (C=O) groups excluding carboxylic acids is 2. The molecule has 8 heteroatoms.